The molecule has 108 valence electrons. The summed E-state index contributed by atoms with van der Waals surface area (Å²) in [6.45, 7) is -0.627. The van der Waals surface area contributed by atoms with Gasteiger partial charge in [-0.2, -0.15) is 4.31 Å². The second kappa shape index (κ2) is 4.83. The van der Waals surface area contributed by atoms with Crippen LogP contribution in [-0.2, 0) is 10.0 Å². The predicted molar refractivity (Wildman–Crippen MR) is 70.5 cm³/mol. The highest BCUT2D eigenvalue weighted by molar-refractivity contribution is 7.89. The smallest absolute Gasteiger partial charge is 0.247 e. The van der Waals surface area contributed by atoms with Gasteiger partial charge in [-0.05, 0) is 18.6 Å². The Morgan fingerprint density at radius 3 is 2.95 bits per heavy atom. The molecule has 0 aliphatic carbocycles. The number of rotatable bonds is 3. The first-order valence-corrected chi connectivity index (χ1v) is 7.71. The SMILES string of the molecule is O=S(=O)(c1cccc2ccoc12)N1CC(F)CC1CO. The number of alkyl halides is 1. The Kier molecular flexibility index (Phi) is 3.27. The zero-order valence-corrected chi connectivity index (χ0v) is 11.4. The summed E-state index contributed by atoms with van der Waals surface area (Å²) in [5.41, 5.74) is 0.256. The minimum Gasteiger partial charge on any atom is -0.463 e. The van der Waals surface area contributed by atoms with Gasteiger partial charge in [0, 0.05) is 11.9 Å². The van der Waals surface area contributed by atoms with E-state index in [9.17, 15) is 17.9 Å². The minimum absolute atomic E-state index is 0.00699. The zero-order chi connectivity index (χ0) is 14.3. The number of halogens is 1. The zero-order valence-electron chi connectivity index (χ0n) is 10.6. The van der Waals surface area contributed by atoms with E-state index in [0.717, 1.165) is 4.31 Å². The number of aliphatic hydroxyl groups excluding tert-OH is 1. The molecule has 3 rings (SSSR count). The fourth-order valence-electron chi connectivity index (χ4n) is 2.59. The monoisotopic (exact) mass is 299 g/mol. The third-order valence-electron chi connectivity index (χ3n) is 3.55. The van der Waals surface area contributed by atoms with Gasteiger partial charge in [0.15, 0.2) is 5.58 Å². The molecular weight excluding hydrogens is 285 g/mol. The molecule has 0 radical (unpaired) electrons. The number of furan rings is 1. The van der Waals surface area contributed by atoms with Crippen LogP contribution in [0.5, 0.6) is 0 Å². The van der Waals surface area contributed by atoms with Crippen molar-refractivity contribution in [3.8, 4) is 0 Å². The number of hydrogen-bond donors (Lipinski definition) is 1. The summed E-state index contributed by atoms with van der Waals surface area (Å²) in [6.07, 6.45) is 0.177. The van der Waals surface area contributed by atoms with Crippen molar-refractivity contribution in [3.05, 3.63) is 30.5 Å². The van der Waals surface area contributed by atoms with Crippen LogP contribution < -0.4 is 0 Å². The Morgan fingerprint density at radius 2 is 2.20 bits per heavy atom. The number of sulfonamides is 1. The largest absolute Gasteiger partial charge is 0.463 e. The van der Waals surface area contributed by atoms with Crippen molar-refractivity contribution in [1.29, 1.82) is 0 Å². The number of benzene rings is 1. The lowest BCUT2D eigenvalue weighted by atomic mass is 10.2. The molecule has 0 saturated carbocycles. The summed E-state index contributed by atoms with van der Waals surface area (Å²) in [6, 6.07) is 5.73. The van der Waals surface area contributed by atoms with Gasteiger partial charge in [0.1, 0.15) is 11.1 Å². The highest BCUT2D eigenvalue weighted by Crippen LogP contribution is 2.31. The molecule has 1 aliphatic heterocycles. The molecule has 5 nitrogen and oxygen atoms in total. The van der Waals surface area contributed by atoms with Gasteiger partial charge < -0.3 is 9.52 Å². The second-order valence-corrected chi connectivity index (χ2v) is 6.70. The van der Waals surface area contributed by atoms with E-state index in [2.05, 4.69) is 0 Å². The topological polar surface area (TPSA) is 70.8 Å². The van der Waals surface area contributed by atoms with Crippen LogP contribution in [0.3, 0.4) is 0 Å². The summed E-state index contributed by atoms with van der Waals surface area (Å²) >= 11 is 0. The Labute approximate surface area is 115 Å². The Morgan fingerprint density at radius 1 is 1.40 bits per heavy atom. The maximum Gasteiger partial charge on any atom is 0.247 e. The van der Waals surface area contributed by atoms with Crippen LogP contribution in [0.2, 0.25) is 0 Å². The van der Waals surface area contributed by atoms with Crippen molar-refractivity contribution in [1.82, 2.24) is 4.31 Å². The number of fused-ring (bicyclic) bond motifs is 1. The predicted octanol–water partition coefficient (Wildman–Crippen LogP) is 1.53. The molecule has 20 heavy (non-hydrogen) atoms. The van der Waals surface area contributed by atoms with Crippen LogP contribution >= 0.6 is 0 Å². The molecule has 1 N–H and O–H groups in total. The summed E-state index contributed by atoms with van der Waals surface area (Å²) in [5, 5.41) is 9.91. The highest BCUT2D eigenvalue weighted by atomic mass is 32.2. The lowest BCUT2D eigenvalue weighted by Gasteiger charge is -2.21. The summed E-state index contributed by atoms with van der Waals surface area (Å²) < 4.78 is 45.0. The third-order valence-corrected chi connectivity index (χ3v) is 5.50. The molecule has 1 saturated heterocycles. The summed E-state index contributed by atoms with van der Waals surface area (Å²) in [5.74, 6) is 0. The molecule has 1 aromatic heterocycles. The molecule has 1 fully saturated rings. The van der Waals surface area contributed by atoms with Crippen molar-refractivity contribution in [2.75, 3.05) is 13.2 Å². The van der Waals surface area contributed by atoms with Crippen LogP contribution in [0.25, 0.3) is 11.0 Å². The Balaban J connectivity index is 2.10. The quantitative estimate of drug-likeness (QED) is 0.933. The molecule has 0 spiro atoms. The summed E-state index contributed by atoms with van der Waals surface area (Å²) in [7, 11) is -3.89. The van der Waals surface area contributed by atoms with E-state index in [1.54, 1.807) is 18.2 Å². The fourth-order valence-corrected chi connectivity index (χ4v) is 4.39. The maximum absolute atomic E-state index is 13.5. The Hall–Kier alpha value is -1.44. The fraction of sp³-hybridized carbons (Fsp3) is 0.385. The van der Waals surface area contributed by atoms with Gasteiger partial charge in [-0.3, -0.25) is 0 Å². The normalized spacial score (nSPS) is 24.5. The number of hydrogen-bond acceptors (Lipinski definition) is 4. The molecule has 2 atom stereocenters. The van der Waals surface area contributed by atoms with E-state index in [0.29, 0.717) is 5.39 Å². The van der Waals surface area contributed by atoms with Crippen molar-refractivity contribution < 1.29 is 22.3 Å². The third kappa shape index (κ3) is 2.02. The maximum atomic E-state index is 13.5. The first-order chi connectivity index (χ1) is 9.54. The molecule has 2 aromatic rings. The van der Waals surface area contributed by atoms with Gasteiger partial charge in [-0.15, -0.1) is 0 Å². The van der Waals surface area contributed by atoms with Gasteiger partial charge >= 0.3 is 0 Å². The van der Waals surface area contributed by atoms with Crippen LogP contribution in [0, 0.1) is 0 Å². The van der Waals surface area contributed by atoms with Crippen LogP contribution in [-0.4, -0.2) is 43.2 Å². The van der Waals surface area contributed by atoms with Gasteiger partial charge in [-0.25, -0.2) is 12.8 Å². The average Bonchev–Trinajstić information content (AvgIpc) is 3.03. The molecule has 0 amide bonds. The van der Waals surface area contributed by atoms with Gasteiger partial charge in [0.2, 0.25) is 10.0 Å². The van der Waals surface area contributed by atoms with Crippen molar-refractivity contribution >= 4 is 21.0 Å². The van der Waals surface area contributed by atoms with Crippen molar-refractivity contribution in [2.24, 2.45) is 0 Å². The molecule has 2 heterocycles. The van der Waals surface area contributed by atoms with Crippen LogP contribution in [0.4, 0.5) is 4.39 Å². The van der Waals surface area contributed by atoms with Crippen molar-refractivity contribution in [2.45, 2.75) is 23.5 Å². The van der Waals surface area contributed by atoms with E-state index in [-0.39, 0.29) is 23.4 Å². The highest BCUT2D eigenvalue weighted by Gasteiger charge is 2.41. The molecule has 2 unspecified atom stereocenters. The molecule has 1 aliphatic rings. The molecular formula is C13H14FNO4S. The van der Waals surface area contributed by atoms with Crippen LogP contribution in [0.15, 0.2) is 39.8 Å². The molecule has 0 bridgehead atoms. The van der Waals surface area contributed by atoms with E-state index in [1.807, 2.05) is 0 Å². The number of nitrogens with zero attached hydrogens (tertiary/aromatic N) is 1. The minimum atomic E-state index is -3.89. The lowest BCUT2D eigenvalue weighted by molar-refractivity contribution is 0.213. The van der Waals surface area contributed by atoms with E-state index < -0.39 is 28.8 Å². The van der Waals surface area contributed by atoms with E-state index >= 15 is 0 Å². The van der Waals surface area contributed by atoms with Gasteiger partial charge in [0.25, 0.3) is 0 Å². The molecule has 1 aromatic carbocycles. The standard InChI is InChI=1S/C13H14FNO4S/c14-10-6-11(8-16)15(7-10)20(17,18)12-3-1-2-9-4-5-19-13(9)12/h1-5,10-11,16H,6-8H2. The van der Waals surface area contributed by atoms with E-state index in [4.69, 9.17) is 4.42 Å². The van der Waals surface area contributed by atoms with Crippen molar-refractivity contribution in [3.63, 3.8) is 0 Å². The summed E-state index contributed by atoms with van der Waals surface area (Å²) in [4.78, 5) is 0.00699. The number of para-hydroxylation sites is 1. The Bertz CT molecular complexity index is 727. The number of aliphatic hydroxyl groups is 1. The molecule has 7 heteroatoms. The average molecular weight is 299 g/mol. The van der Waals surface area contributed by atoms with Gasteiger partial charge in [-0.1, -0.05) is 12.1 Å². The van der Waals surface area contributed by atoms with Gasteiger partial charge in [0.05, 0.1) is 18.9 Å². The lowest BCUT2D eigenvalue weighted by Crippen LogP contribution is -2.37. The first-order valence-electron chi connectivity index (χ1n) is 6.27. The second-order valence-electron chi connectivity index (χ2n) is 4.84. The van der Waals surface area contributed by atoms with Crippen LogP contribution in [0.1, 0.15) is 6.42 Å². The van der Waals surface area contributed by atoms with E-state index in [1.165, 1.54) is 12.3 Å². The first kappa shape index (κ1) is 13.5.